The highest BCUT2D eigenvalue weighted by Crippen LogP contribution is 2.28. The Bertz CT molecular complexity index is 1060. The summed E-state index contributed by atoms with van der Waals surface area (Å²) in [6, 6.07) is 16.2. The molecule has 1 aliphatic rings. The molecular formula is C23H28N2O8S. The first-order chi connectivity index (χ1) is 16.2. The summed E-state index contributed by atoms with van der Waals surface area (Å²) in [5, 5.41) is 5.49. The average molecular weight is 493 g/mol. The van der Waals surface area contributed by atoms with Crippen LogP contribution in [0.3, 0.4) is 0 Å². The lowest BCUT2D eigenvalue weighted by Crippen LogP contribution is -2.52. The third-order valence-electron chi connectivity index (χ3n) is 5.27. The molecule has 1 unspecified atom stereocenters. The van der Waals surface area contributed by atoms with Gasteiger partial charge in [-0.05, 0) is 24.3 Å². The number of nitrogens with one attached hydrogen (secondary N) is 2. The molecule has 0 saturated carbocycles. The number of hydrogen-bond donors (Lipinski definition) is 2. The lowest BCUT2D eigenvalue weighted by Gasteiger charge is -2.27. The molecule has 10 nitrogen and oxygen atoms in total. The lowest BCUT2D eigenvalue weighted by molar-refractivity contribution is -0.144. The first-order valence-corrected chi connectivity index (χ1v) is 12.3. The normalized spacial score (nSPS) is 23.3. The second-order valence-corrected chi connectivity index (χ2v) is 9.29. The number of hydrogen-bond acceptors (Lipinski definition) is 8. The second kappa shape index (κ2) is 11.5. The third-order valence-corrected chi connectivity index (χ3v) is 5.86. The van der Waals surface area contributed by atoms with Crippen molar-refractivity contribution >= 4 is 21.9 Å². The minimum absolute atomic E-state index is 0.193. The van der Waals surface area contributed by atoms with Crippen LogP contribution >= 0.6 is 0 Å². The third kappa shape index (κ3) is 6.61. The molecule has 2 N–H and O–H groups in total. The Kier molecular flexibility index (Phi) is 8.75. The van der Waals surface area contributed by atoms with Crippen LogP contribution in [0, 0.1) is 0 Å². The van der Waals surface area contributed by atoms with Gasteiger partial charge >= 0.3 is 0 Å². The number of carbonyl (C=O) groups is 2. The molecule has 2 amide bonds. The zero-order valence-corrected chi connectivity index (χ0v) is 19.9. The Morgan fingerprint density at radius 2 is 1.50 bits per heavy atom. The molecular weight excluding hydrogens is 464 g/mol. The van der Waals surface area contributed by atoms with Crippen LogP contribution in [0.2, 0.25) is 0 Å². The Morgan fingerprint density at radius 3 is 2.00 bits per heavy atom. The maximum atomic E-state index is 12.7. The fraction of sp³-hybridized carbons (Fsp3) is 0.391. The van der Waals surface area contributed by atoms with Crippen LogP contribution in [0.5, 0.6) is 0 Å². The number of amides is 2. The zero-order chi connectivity index (χ0) is 24.7. The van der Waals surface area contributed by atoms with E-state index < -0.39 is 46.7 Å². The van der Waals surface area contributed by atoms with Crippen LogP contribution in [0.25, 0.3) is 0 Å². The lowest BCUT2D eigenvalue weighted by atomic mass is 10.0. The van der Waals surface area contributed by atoms with Crippen molar-refractivity contribution in [1.29, 1.82) is 0 Å². The van der Waals surface area contributed by atoms with E-state index in [2.05, 4.69) is 10.6 Å². The Morgan fingerprint density at radius 1 is 0.941 bits per heavy atom. The number of benzene rings is 2. The van der Waals surface area contributed by atoms with E-state index in [4.69, 9.17) is 18.4 Å². The van der Waals surface area contributed by atoms with E-state index in [1.807, 2.05) is 0 Å². The number of ether oxygens (including phenoxy) is 3. The molecule has 184 valence electrons. The van der Waals surface area contributed by atoms with Crippen molar-refractivity contribution in [3.05, 3.63) is 71.8 Å². The Hall–Kier alpha value is -2.83. The van der Waals surface area contributed by atoms with Gasteiger partial charge in [-0.15, -0.1) is 0 Å². The highest BCUT2D eigenvalue weighted by Gasteiger charge is 2.50. The summed E-state index contributed by atoms with van der Waals surface area (Å²) in [6.07, 6.45) is -3.01. The van der Waals surface area contributed by atoms with Crippen molar-refractivity contribution < 1.29 is 36.4 Å². The number of methoxy groups -OCH3 is 2. The summed E-state index contributed by atoms with van der Waals surface area (Å²) >= 11 is 0. The molecule has 3 rings (SSSR count). The summed E-state index contributed by atoms with van der Waals surface area (Å²) < 4.78 is 46.1. The number of carbonyl (C=O) groups excluding carboxylic acids is 2. The summed E-state index contributed by atoms with van der Waals surface area (Å²) in [4.78, 5) is 25.2. The van der Waals surface area contributed by atoms with Crippen molar-refractivity contribution in [2.75, 3.05) is 27.0 Å². The van der Waals surface area contributed by atoms with E-state index in [0.717, 1.165) is 6.26 Å². The second-order valence-electron chi connectivity index (χ2n) is 7.69. The van der Waals surface area contributed by atoms with Gasteiger partial charge in [-0.1, -0.05) is 36.4 Å². The Labute approximate surface area is 198 Å². The molecule has 1 saturated heterocycles. The van der Waals surface area contributed by atoms with E-state index >= 15 is 0 Å². The van der Waals surface area contributed by atoms with Crippen LogP contribution in [0.4, 0.5) is 0 Å². The highest BCUT2D eigenvalue weighted by molar-refractivity contribution is 7.86. The van der Waals surface area contributed by atoms with Gasteiger partial charge < -0.3 is 24.8 Å². The van der Waals surface area contributed by atoms with Crippen molar-refractivity contribution in [2.45, 2.75) is 30.6 Å². The minimum atomic E-state index is -3.93. The average Bonchev–Trinajstić information content (AvgIpc) is 3.19. The topological polar surface area (TPSA) is 129 Å². The van der Waals surface area contributed by atoms with Crippen LogP contribution in [-0.4, -0.2) is 77.9 Å². The van der Waals surface area contributed by atoms with Crippen molar-refractivity contribution in [3.63, 3.8) is 0 Å². The molecule has 0 aromatic heterocycles. The van der Waals surface area contributed by atoms with Crippen LogP contribution in [0.1, 0.15) is 20.7 Å². The molecule has 0 spiro atoms. The first kappa shape index (κ1) is 25.8. The first-order valence-electron chi connectivity index (χ1n) is 10.5. The van der Waals surface area contributed by atoms with Gasteiger partial charge in [-0.2, -0.15) is 8.42 Å². The maximum absolute atomic E-state index is 12.7. The molecule has 1 fully saturated rings. The highest BCUT2D eigenvalue weighted by atomic mass is 32.2. The predicted molar refractivity (Wildman–Crippen MR) is 123 cm³/mol. The quantitative estimate of drug-likeness (QED) is 0.469. The standard InChI is InChI=1S/C23H28N2O8S/c1-30-20-18(25-22(27)16-12-8-5-9-13-16)23(31-2)32-19(20)17(33-34(3,28)29)14-24-21(26)15-10-6-4-7-11-15/h4-13,17-20,23H,14H2,1-3H3,(H,24,26)(H,25,27)/t17?,18-,19-,20-,23-/m1/s1. The summed E-state index contributed by atoms with van der Waals surface area (Å²) in [5.74, 6) is -0.788. The molecule has 5 atom stereocenters. The molecule has 34 heavy (non-hydrogen) atoms. The molecule has 0 bridgehead atoms. The SMILES string of the molecule is CO[C@@H]1O[C@H](C(CNC(=O)c2ccccc2)OS(C)(=O)=O)[C@H](OC)[C@H]1NC(=O)c1ccccc1. The van der Waals surface area contributed by atoms with Crippen molar-refractivity contribution in [1.82, 2.24) is 10.6 Å². The molecule has 0 radical (unpaired) electrons. The monoisotopic (exact) mass is 492 g/mol. The van der Waals surface area contributed by atoms with Gasteiger partial charge in [0.05, 0.1) is 6.26 Å². The Balaban J connectivity index is 1.79. The molecule has 1 heterocycles. The van der Waals surface area contributed by atoms with E-state index in [9.17, 15) is 18.0 Å². The molecule has 2 aromatic rings. The van der Waals surface area contributed by atoms with Crippen LogP contribution in [0.15, 0.2) is 60.7 Å². The van der Waals surface area contributed by atoms with Gasteiger partial charge in [0.1, 0.15) is 24.4 Å². The van der Waals surface area contributed by atoms with Crippen LogP contribution in [-0.2, 0) is 28.5 Å². The number of rotatable bonds is 10. The fourth-order valence-corrected chi connectivity index (χ4v) is 4.37. The summed E-state index contributed by atoms with van der Waals surface area (Å²) in [6.45, 7) is -0.193. The fourth-order valence-electron chi connectivity index (χ4n) is 3.75. The van der Waals surface area contributed by atoms with Gasteiger partial charge in [0, 0.05) is 31.9 Å². The van der Waals surface area contributed by atoms with E-state index in [1.54, 1.807) is 60.7 Å². The largest absolute Gasteiger partial charge is 0.376 e. The van der Waals surface area contributed by atoms with Gasteiger partial charge in [-0.25, -0.2) is 0 Å². The zero-order valence-electron chi connectivity index (χ0n) is 19.0. The van der Waals surface area contributed by atoms with E-state index in [1.165, 1.54) is 14.2 Å². The van der Waals surface area contributed by atoms with Crippen LogP contribution < -0.4 is 10.6 Å². The predicted octanol–water partition coefficient (Wildman–Crippen LogP) is 0.946. The van der Waals surface area contributed by atoms with Gasteiger partial charge in [0.25, 0.3) is 21.9 Å². The van der Waals surface area contributed by atoms with E-state index in [-0.39, 0.29) is 12.5 Å². The van der Waals surface area contributed by atoms with Crippen molar-refractivity contribution in [3.8, 4) is 0 Å². The van der Waals surface area contributed by atoms with Crippen molar-refractivity contribution in [2.24, 2.45) is 0 Å². The van der Waals surface area contributed by atoms with Gasteiger partial charge in [0.15, 0.2) is 6.29 Å². The van der Waals surface area contributed by atoms with Gasteiger partial charge in [-0.3, -0.25) is 13.8 Å². The molecule has 1 aliphatic heterocycles. The smallest absolute Gasteiger partial charge is 0.264 e. The summed E-state index contributed by atoms with van der Waals surface area (Å²) in [5.41, 5.74) is 0.828. The molecule has 2 aromatic carbocycles. The minimum Gasteiger partial charge on any atom is -0.376 e. The maximum Gasteiger partial charge on any atom is 0.264 e. The van der Waals surface area contributed by atoms with Gasteiger partial charge in [0.2, 0.25) is 0 Å². The van der Waals surface area contributed by atoms with E-state index in [0.29, 0.717) is 11.1 Å². The summed E-state index contributed by atoms with van der Waals surface area (Å²) in [7, 11) is -1.13. The molecule has 11 heteroatoms. The molecule has 0 aliphatic carbocycles.